The lowest BCUT2D eigenvalue weighted by molar-refractivity contribution is -0.122. The quantitative estimate of drug-likeness (QED) is 0.487. The summed E-state index contributed by atoms with van der Waals surface area (Å²) in [5.74, 6) is -1.64. The fourth-order valence-corrected chi connectivity index (χ4v) is 3.26. The predicted octanol–water partition coefficient (Wildman–Crippen LogP) is 4.71. The minimum atomic E-state index is -0.956. The number of hydrogen-bond donors (Lipinski definition) is 1. The van der Waals surface area contributed by atoms with E-state index in [1.165, 1.54) is 24.3 Å². The number of halogens is 2. The number of imide groups is 2. The molecule has 6 nitrogen and oxygen atoms in total. The van der Waals surface area contributed by atoms with Gasteiger partial charge in [0.1, 0.15) is 22.9 Å². The molecular formula is C22H14ClFN2O4. The maximum Gasteiger partial charge on any atom is 0.335 e. The van der Waals surface area contributed by atoms with E-state index in [0.717, 1.165) is 17.2 Å². The molecular weight excluding hydrogens is 411 g/mol. The van der Waals surface area contributed by atoms with E-state index < -0.39 is 23.7 Å². The van der Waals surface area contributed by atoms with Gasteiger partial charge in [0, 0.05) is 10.6 Å². The molecule has 1 aromatic heterocycles. The van der Waals surface area contributed by atoms with E-state index in [4.69, 9.17) is 16.0 Å². The summed E-state index contributed by atoms with van der Waals surface area (Å²) in [6.45, 7) is 1.90. The zero-order valence-corrected chi connectivity index (χ0v) is 16.4. The van der Waals surface area contributed by atoms with Crippen molar-refractivity contribution in [1.82, 2.24) is 5.32 Å². The first kappa shape index (κ1) is 19.6. The number of benzene rings is 2. The average Bonchev–Trinajstić information content (AvgIpc) is 3.15. The van der Waals surface area contributed by atoms with Gasteiger partial charge in [-0.05, 0) is 61.0 Å². The Hall–Kier alpha value is -3.71. The molecule has 3 aromatic rings. The number of carbonyl (C=O) groups is 3. The molecule has 0 spiro atoms. The summed E-state index contributed by atoms with van der Waals surface area (Å²) in [7, 11) is 0. The molecule has 2 aromatic carbocycles. The number of carbonyl (C=O) groups excluding carboxylic acids is 3. The van der Waals surface area contributed by atoms with Crippen molar-refractivity contribution in [2.75, 3.05) is 4.90 Å². The molecule has 1 aliphatic rings. The van der Waals surface area contributed by atoms with Crippen LogP contribution in [0.4, 0.5) is 14.9 Å². The van der Waals surface area contributed by atoms with Crippen LogP contribution in [0.15, 0.2) is 64.6 Å². The van der Waals surface area contributed by atoms with Gasteiger partial charge in [-0.25, -0.2) is 14.1 Å². The monoisotopic (exact) mass is 424 g/mol. The maximum absolute atomic E-state index is 13.5. The fraction of sp³-hybridized carbons (Fsp3) is 0.0455. The number of nitrogens with zero attached hydrogens (tertiary/aromatic N) is 1. The van der Waals surface area contributed by atoms with Crippen LogP contribution in [-0.4, -0.2) is 17.8 Å². The smallest absolute Gasteiger partial charge is 0.335 e. The van der Waals surface area contributed by atoms with E-state index in [9.17, 15) is 18.8 Å². The molecule has 1 N–H and O–H groups in total. The van der Waals surface area contributed by atoms with Gasteiger partial charge in [-0.2, -0.15) is 0 Å². The molecule has 30 heavy (non-hydrogen) atoms. The lowest BCUT2D eigenvalue weighted by atomic mass is 10.1. The number of urea groups is 1. The molecule has 4 amide bonds. The summed E-state index contributed by atoms with van der Waals surface area (Å²) in [5, 5.41) is 2.62. The zero-order valence-electron chi connectivity index (χ0n) is 15.6. The van der Waals surface area contributed by atoms with Crippen molar-refractivity contribution >= 4 is 41.2 Å². The molecule has 8 heteroatoms. The summed E-state index contributed by atoms with van der Waals surface area (Å²) in [6, 6.07) is 12.6. The van der Waals surface area contributed by atoms with Gasteiger partial charge in [0.05, 0.1) is 5.69 Å². The maximum atomic E-state index is 13.5. The summed E-state index contributed by atoms with van der Waals surface area (Å²) in [5.41, 5.74) is 1.39. The second-order valence-electron chi connectivity index (χ2n) is 6.60. The van der Waals surface area contributed by atoms with Gasteiger partial charge < -0.3 is 4.42 Å². The van der Waals surface area contributed by atoms with Crippen LogP contribution in [0, 0.1) is 12.7 Å². The highest BCUT2D eigenvalue weighted by atomic mass is 35.5. The Morgan fingerprint density at radius 3 is 2.63 bits per heavy atom. The summed E-state index contributed by atoms with van der Waals surface area (Å²) in [6.07, 6.45) is 1.24. The normalized spacial score (nSPS) is 15.6. The molecule has 0 unspecified atom stereocenters. The van der Waals surface area contributed by atoms with Gasteiger partial charge in [-0.1, -0.05) is 23.7 Å². The van der Waals surface area contributed by atoms with Crippen molar-refractivity contribution in [2.24, 2.45) is 0 Å². The molecule has 2 heterocycles. The molecule has 1 fully saturated rings. The van der Waals surface area contributed by atoms with E-state index >= 15 is 0 Å². The summed E-state index contributed by atoms with van der Waals surface area (Å²) >= 11 is 6.05. The zero-order chi connectivity index (χ0) is 21.4. The highest BCUT2D eigenvalue weighted by Crippen LogP contribution is 2.29. The molecule has 0 atom stereocenters. The standard InChI is InChI=1S/C22H14ClFN2O4/c1-12-5-6-13(23)9-17(12)19-8-7-16(30-19)11-18-20(27)25-22(29)26(21(18)28)15-4-2-3-14(24)10-15/h2-11H,1H3,(H,25,27,29)/b18-11+. The lowest BCUT2D eigenvalue weighted by Gasteiger charge is -2.26. The van der Waals surface area contributed by atoms with Crippen LogP contribution in [0.25, 0.3) is 17.4 Å². The third kappa shape index (κ3) is 3.62. The van der Waals surface area contributed by atoms with Crippen molar-refractivity contribution < 1.29 is 23.2 Å². The fourth-order valence-electron chi connectivity index (χ4n) is 3.08. The van der Waals surface area contributed by atoms with Crippen molar-refractivity contribution in [3.05, 3.63) is 82.3 Å². The molecule has 0 saturated carbocycles. The lowest BCUT2D eigenvalue weighted by Crippen LogP contribution is -2.54. The number of furan rings is 1. The molecule has 0 bridgehead atoms. The first-order valence-corrected chi connectivity index (χ1v) is 9.24. The van der Waals surface area contributed by atoms with Crippen molar-refractivity contribution in [2.45, 2.75) is 6.92 Å². The van der Waals surface area contributed by atoms with E-state index in [2.05, 4.69) is 5.32 Å². The van der Waals surface area contributed by atoms with Crippen molar-refractivity contribution in [1.29, 1.82) is 0 Å². The van der Waals surface area contributed by atoms with Crippen LogP contribution in [0.5, 0.6) is 0 Å². The van der Waals surface area contributed by atoms with Gasteiger partial charge >= 0.3 is 6.03 Å². The van der Waals surface area contributed by atoms with Gasteiger partial charge in [0.25, 0.3) is 11.8 Å². The molecule has 1 aliphatic heterocycles. The van der Waals surface area contributed by atoms with Crippen LogP contribution in [-0.2, 0) is 9.59 Å². The van der Waals surface area contributed by atoms with E-state index in [0.29, 0.717) is 15.7 Å². The number of hydrogen-bond acceptors (Lipinski definition) is 4. The van der Waals surface area contributed by atoms with E-state index in [-0.39, 0.29) is 17.0 Å². The van der Waals surface area contributed by atoms with Crippen LogP contribution in [0.2, 0.25) is 5.02 Å². The Balaban J connectivity index is 1.70. The minimum Gasteiger partial charge on any atom is -0.457 e. The second-order valence-corrected chi connectivity index (χ2v) is 7.04. The Morgan fingerprint density at radius 2 is 1.87 bits per heavy atom. The van der Waals surface area contributed by atoms with Crippen molar-refractivity contribution in [3.8, 4) is 11.3 Å². The second kappa shape index (κ2) is 7.61. The molecule has 1 saturated heterocycles. The molecule has 0 radical (unpaired) electrons. The number of rotatable bonds is 3. The molecule has 0 aliphatic carbocycles. The highest BCUT2D eigenvalue weighted by Gasteiger charge is 2.37. The van der Waals surface area contributed by atoms with Gasteiger partial charge in [-0.3, -0.25) is 14.9 Å². The predicted molar refractivity (Wildman–Crippen MR) is 109 cm³/mol. The number of nitrogens with one attached hydrogen (secondary N) is 1. The first-order valence-electron chi connectivity index (χ1n) is 8.87. The third-order valence-corrected chi connectivity index (χ3v) is 4.78. The molecule has 4 rings (SSSR count). The van der Waals surface area contributed by atoms with Crippen LogP contribution >= 0.6 is 11.6 Å². The van der Waals surface area contributed by atoms with Gasteiger partial charge in [0.2, 0.25) is 0 Å². The highest BCUT2D eigenvalue weighted by molar-refractivity contribution is 6.39. The number of anilines is 1. The Labute approximate surface area is 175 Å². The number of aryl methyl sites for hydroxylation is 1. The largest absolute Gasteiger partial charge is 0.457 e. The SMILES string of the molecule is Cc1ccc(Cl)cc1-c1ccc(/C=C2\C(=O)NC(=O)N(c3cccc(F)c3)C2=O)o1. The number of barbiturate groups is 1. The summed E-state index contributed by atoms with van der Waals surface area (Å²) < 4.78 is 19.3. The van der Waals surface area contributed by atoms with Gasteiger partial charge in [0.15, 0.2) is 0 Å². The molecule has 150 valence electrons. The Kier molecular flexibility index (Phi) is 4.97. The topological polar surface area (TPSA) is 79.6 Å². The van der Waals surface area contributed by atoms with Crippen molar-refractivity contribution in [3.63, 3.8) is 0 Å². The van der Waals surface area contributed by atoms with Crippen LogP contribution in [0.1, 0.15) is 11.3 Å². The van der Waals surface area contributed by atoms with Crippen LogP contribution in [0.3, 0.4) is 0 Å². The van der Waals surface area contributed by atoms with Crippen LogP contribution < -0.4 is 10.2 Å². The Bertz CT molecular complexity index is 1230. The number of amides is 4. The Morgan fingerprint density at radius 1 is 1.07 bits per heavy atom. The van der Waals surface area contributed by atoms with E-state index in [1.54, 1.807) is 24.3 Å². The minimum absolute atomic E-state index is 0.00517. The average molecular weight is 425 g/mol. The van der Waals surface area contributed by atoms with Gasteiger partial charge in [-0.15, -0.1) is 0 Å². The third-order valence-electron chi connectivity index (χ3n) is 4.55. The van der Waals surface area contributed by atoms with E-state index in [1.807, 2.05) is 13.0 Å². The first-order chi connectivity index (χ1) is 14.3. The summed E-state index contributed by atoms with van der Waals surface area (Å²) in [4.78, 5) is 38.0.